The summed E-state index contributed by atoms with van der Waals surface area (Å²) in [7, 11) is 0. The summed E-state index contributed by atoms with van der Waals surface area (Å²) in [4.78, 5) is 11.7. The van der Waals surface area contributed by atoms with Gasteiger partial charge in [0.1, 0.15) is 11.4 Å². The normalized spacial score (nSPS) is 12.0. The molecule has 0 aliphatic heterocycles. The van der Waals surface area contributed by atoms with Gasteiger partial charge in [0.15, 0.2) is 0 Å². The maximum absolute atomic E-state index is 13.8. The number of carbonyl (C=O) groups excluding carboxylic acids is 1. The number of ether oxygens (including phenoxy) is 1. The molecule has 1 rings (SSSR count). The molecule has 1 amide bonds. The molecule has 0 radical (unpaired) electrons. The van der Waals surface area contributed by atoms with Crippen LogP contribution in [0, 0.1) is 5.82 Å². The molecule has 0 fully saturated rings. The van der Waals surface area contributed by atoms with Crippen molar-refractivity contribution in [2.24, 2.45) is 0 Å². The third-order valence-corrected chi connectivity index (χ3v) is 2.71. The van der Waals surface area contributed by atoms with Crippen LogP contribution in [0.15, 0.2) is 18.2 Å². The lowest BCUT2D eigenvalue weighted by Gasteiger charge is -2.21. The van der Waals surface area contributed by atoms with Gasteiger partial charge in [-0.15, -0.1) is 0 Å². The molecule has 0 spiro atoms. The van der Waals surface area contributed by atoms with Crippen LogP contribution in [-0.2, 0) is 4.74 Å². The molecule has 3 N–H and O–H groups in total. The molecule has 0 aromatic heterocycles. The first-order valence-electron chi connectivity index (χ1n) is 7.75. The standard InChI is InChI=1S/C17H28FN3O2/c1-16(2,3)20-10-9-19-12-7-8-13(18)14(11-12)21-15(22)23-17(4,5)6/h7-8,11,19-20H,9-10H2,1-6H3,(H,21,22). The Bertz CT molecular complexity index is 534. The van der Waals surface area contributed by atoms with Crippen molar-refractivity contribution in [1.29, 1.82) is 0 Å². The molecule has 6 heteroatoms. The van der Waals surface area contributed by atoms with Gasteiger partial charge < -0.3 is 15.4 Å². The summed E-state index contributed by atoms with van der Waals surface area (Å²) in [6.07, 6.45) is -0.678. The van der Waals surface area contributed by atoms with Gasteiger partial charge in [-0.3, -0.25) is 5.32 Å². The van der Waals surface area contributed by atoms with Crippen molar-refractivity contribution in [2.75, 3.05) is 23.7 Å². The number of carbonyl (C=O) groups is 1. The smallest absolute Gasteiger partial charge is 0.412 e. The van der Waals surface area contributed by atoms with Crippen LogP contribution < -0.4 is 16.0 Å². The van der Waals surface area contributed by atoms with Gasteiger partial charge in [0, 0.05) is 24.3 Å². The second-order valence-corrected chi connectivity index (χ2v) is 7.43. The molecule has 0 unspecified atom stereocenters. The van der Waals surface area contributed by atoms with E-state index in [0.29, 0.717) is 6.54 Å². The summed E-state index contributed by atoms with van der Waals surface area (Å²) in [5.74, 6) is -0.505. The van der Waals surface area contributed by atoms with Gasteiger partial charge in [0.25, 0.3) is 0 Å². The Morgan fingerprint density at radius 1 is 1.13 bits per heavy atom. The topological polar surface area (TPSA) is 62.4 Å². The Kier molecular flexibility index (Phi) is 6.38. The summed E-state index contributed by atoms with van der Waals surface area (Å²) < 4.78 is 18.9. The Morgan fingerprint density at radius 2 is 1.78 bits per heavy atom. The molecule has 0 aliphatic carbocycles. The zero-order chi connectivity index (χ0) is 17.7. The van der Waals surface area contributed by atoms with E-state index in [-0.39, 0.29) is 11.2 Å². The van der Waals surface area contributed by atoms with E-state index in [1.165, 1.54) is 6.07 Å². The third-order valence-electron chi connectivity index (χ3n) is 2.71. The minimum atomic E-state index is -0.678. The van der Waals surface area contributed by atoms with Gasteiger partial charge in [0.2, 0.25) is 0 Å². The second-order valence-electron chi connectivity index (χ2n) is 7.43. The number of rotatable bonds is 5. The van der Waals surface area contributed by atoms with E-state index in [4.69, 9.17) is 4.74 Å². The van der Waals surface area contributed by atoms with Gasteiger partial charge in [0.05, 0.1) is 5.69 Å². The van der Waals surface area contributed by atoms with Crippen LogP contribution in [0.2, 0.25) is 0 Å². The monoisotopic (exact) mass is 325 g/mol. The van der Waals surface area contributed by atoms with E-state index in [0.717, 1.165) is 12.2 Å². The first-order valence-corrected chi connectivity index (χ1v) is 7.75. The number of halogens is 1. The highest BCUT2D eigenvalue weighted by Gasteiger charge is 2.17. The van der Waals surface area contributed by atoms with Gasteiger partial charge in [-0.05, 0) is 59.7 Å². The van der Waals surface area contributed by atoms with Crippen LogP contribution in [0.3, 0.4) is 0 Å². The lowest BCUT2D eigenvalue weighted by atomic mass is 10.1. The number of hydrogen-bond acceptors (Lipinski definition) is 4. The largest absolute Gasteiger partial charge is 0.444 e. The molecule has 130 valence electrons. The van der Waals surface area contributed by atoms with Crippen molar-refractivity contribution in [3.05, 3.63) is 24.0 Å². The van der Waals surface area contributed by atoms with E-state index >= 15 is 0 Å². The third kappa shape index (κ3) is 8.40. The predicted octanol–water partition coefficient (Wildman–Crippen LogP) is 3.97. The number of benzene rings is 1. The van der Waals surface area contributed by atoms with E-state index < -0.39 is 17.5 Å². The molecular weight excluding hydrogens is 297 g/mol. The molecule has 0 aliphatic rings. The quantitative estimate of drug-likeness (QED) is 0.717. The van der Waals surface area contributed by atoms with E-state index in [9.17, 15) is 9.18 Å². The van der Waals surface area contributed by atoms with Crippen molar-refractivity contribution in [3.63, 3.8) is 0 Å². The average molecular weight is 325 g/mol. The number of anilines is 2. The number of amides is 1. The van der Waals surface area contributed by atoms with Crippen LogP contribution >= 0.6 is 0 Å². The summed E-state index contributed by atoms with van der Waals surface area (Å²) in [6, 6.07) is 4.50. The van der Waals surface area contributed by atoms with E-state index in [1.807, 2.05) is 0 Å². The molecule has 0 atom stereocenters. The number of hydrogen-bond donors (Lipinski definition) is 3. The lowest BCUT2D eigenvalue weighted by molar-refractivity contribution is 0.0635. The highest BCUT2D eigenvalue weighted by Crippen LogP contribution is 2.20. The minimum absolute atomic E-state index is 0.0495. The Labute approximate surface area is 138 Å². The first kappa shape index (κ1) is 19.2. The van der Waals surface area contributed by atoms with Crippen LogP contribution in [0.4, 0.5) is 20.6 Å². The highest BCUT2D eigenvalue weighted by molar-refractivity contribution is 5.85. The van der Waals surface area contributed by atoms with Crippen molar-refractivity contribution < 1.29 is 13.9 Å². The fraction of sp³-hybridized carbons (Fsp3) is 0.588. The zero-order valence-corrected chi connectivity index (χ0v) is 14.8. The van der Waals surface area contributed by atoms with Crippen LogP contribution in [0.5, 0.6) is 0 Å². The van der Waals surface area contributed by atoms with Gasteiger partial charge >= 0.3 is 6.09 Å². The maximum atomic E-state index is 13.8. The predicted molar refractivity (Wildman–Crippen MR) is 92.5 cm³/mol. The fourth-order valence-electron chi connectivity index (χ4n) is 1.79. The molecule has 0 saturated carbocycles. The SMILES string of the molecule is CC(C)(C)NCCNc1ccc(F)c(NC(=O)OC(C)(C)C)c1. The van der Waals surface area contributed by atoms with Gasteiger partial charge in [-0.2, -0.15) is 0 Å². The first-order chi connectivity index (χ1) is 10.5. The van der Waals surface area contributed by atoms with Gasteiger partial charge in [-0.25, -0.2) is 9.18 Å². The van der Waals surface area contributed by atoms with Crippen molar-refractivity contribution >= 4 is 17.5 Å². The molecule has 0 saturated heterocycles. The zero-order valence-electron chi connectivity index (χ0n) is 14.8. The molecule has 0 heterocycles. The van der Waals surface area contributed by atoms with Crippen LogP contribution in [0.1, 0.15) is 41.5 Å². The molecular formula is C17H28FN3O2. The Morgan fingerprint density at radius 3 is 2.35 bits per heavy atom. The van der Waals surface area contributed by atoms with Crippen molar-refractivity contribution in [2.45, 2.75) is 52.7 Å². The molecule has 0 bridgehead atoms. The fourth-order valence-corrected chi connectivity index (χ4v) is 1.79. The minimum Gasteiger partial charge on any atom is -0.444 e. The summed E-state index contributed by atoms with van der Waals surface area (Å²) in [5.41, 5.74) is 0.240. The van der Waals surface area contributed by atoms with E-state index in [2.05, 4.69) is 36.7 Å². The second kappa shape index (κ2) is 7.64. The van der Waals surface area contributed by atoms with Crippen molar-refractivity contribution in [3.8, 4) is 0 Å². The molecule has 23 heavy (non-hydrogen) atoms. The molecule has 1 aromatic carbocycles. The Balaban J connectivity index is 2.60. The average Bonchev–Trinajstić information content (AvgIpc) is 2.35. The van der Waals surface area contributed by atoms with Gasteiger partial charge in [-0.1, -0.05) is 0 Å². The lowest BCUT2D eigenvalue weighted by Crippen LogP contribution is -2.38. The van der Waals surface area contributed by atoms with Crippen LogP contribution in [-0.4, -0.2) is 30.3 Å². The maximum Gasteiger partial charge on any atom is 0.412 e. The van der Waals surface area contributed by atoms with E-state index in [1.54, 1.807) is 32.9 Å². The van der Waals surface area contributed by atoms with Crippen LogP contribution in [0.25, 0.3) is 0 Å². The Hall–Kier alpha value is -1.82. The van der Waals surface area contributed by atoms with Crippen molar-refractivity contribution in [1.82, 2.24) is 5.32 Å². The summed E-state index contributed by atoms with van der Waals surface area (Å²) in [5, 5.41) is 8.96. The molecule has 1 aromatic rings. The summed E-state index contributed by atoms with van der Waals surface area (Å²) >= 11 is 0. The molecule has 5 nitrogen and oxygen atoms in total. The highest BCUT2D eigenvalue weighted by atomic mass is 19.1. The summed E-state index contributed by atoms with van der Waals surface area (Å²) in [6.45, 7) is 13.0. The number of nitrogens with one attached hydrogen (secondary N) is 3.